The number of nitrogens with one attached hydrogen (secondary N) is 1. The van der Waals surface area contributed by atoms with Gasteiger partial charge >= 0.3 is 0 Å². The first-order valence-corrected chi connectivity index (χ1v) is 7.61. The Morgan fingerprint density at radius 2 is 2.06 bits per heavy atom. The third kappa shape index (κ3) is 7.34. The van der Waals surface area contributed by atoms with Crippen molar-refractivity contribution in [3.63, 3.8) is 0 Å². The van der Waals surface area contributed by atoms with Crippen LogP contribution in [0.15, 0.2) is 0 Å². The van der Waals surface area contributed by atoms with Crippen molar-refractivity contribution >= 4 is 0 Å². The van der Waals surface area contributed by atoms with E-state index in [2.05, 4.69) is 37.9 Å². The molecule has 1 unspecified atom stereocenters. The molecule has 0 aromatic rings. The fourth-order valence-corrected chi connectivity index (χ4v) is 2.38. The number of rotatable bonds is 8. The van der Waals surface area contributed by atoms with Gasteiger partial charge in [-0.25, -0.2) is 0 Å². The summed E-state index contributed by atoms with van der Waals surface area (Å²) >= 11 is 0. The average Bonchev–Trinajstić information content (AvgIpc) is 2.76. The zero-order chi connectivity index (χ0) is 13.4. The fraction of sp³-hybridized carbons (Fsp3) is 1.00. The number of unbranched alkanes of at least 4 members (excludes halogenated alkanes) is 1. The van der Waals surface area contributed by atoms with Gasteiger partial charge in [-0.15, -0.1) is 0 Å². The van der Waals surface area contributed by atoms with Gasteiger partial charge in [0, 0.05) is 19.1 Å². The van der Waals surface area contributed by atoms with E-state index in [0.717, 1.165) is 13.2 Å². The molecule has 1 saturated heterocycles. The van der Waals surface area contributed by atoms with E-state index in [4.69, 9.17) is 4.74 Å². The van der Waals surface area contributed by atoms with E-state index >= 15 is 0 Å². The molecule has 3 nitrogen and oxygen atoms in total. The Morgan fingerprint density at radius 1 is 1.28 bits per heavy atom. The molecule has 108 valence electrons. The highest BCUT2D eigenvalue weighted by Crippen LogP contribution is 2.10. The number of hydrogen-bond donors (Lipinski definition) is 1. The van der Waals surface area contributed by atoms with E-state index in [1.54, 1.807) is 0 Å². The molecule has 1 aliphatic heterocycles. The predicted octanol–water partition coefficient (Wildman–Crippen LogP) is 2.66. The lowest BCUT2D eigenvalue weighted by atomic mass is 10.2. The molecule has 1 rings (SSSR count). The summed E-state index contributed by atoms with van der Waals surface area (Å²) in [4.78, 5) is 2.57. The fourth-order valence-electron chi connectivity index (χ4n) is 2.38. The molecule has 0 aliphatic carbocycles. The van der Waals surface area contributed by atoms with Gasteiger partial charge in [0.25, 0.3) is 0 Å². The molecule has 0 spiro atoms. The summed E-state index contributed by atoms with van der Waals surface area (Å²) < 4.78 is 5.84. The van der Waals surface area contributed by atoms with Gasteiger partial charge in [-0.3, -0.25) is 4.90 Å². The smallest absolute Gasteiger partial charge is 0.0600 e. The molecule has 1 aliphatic rings. The first-order chi connectivity index (χ1) is 8.51. The van der Waals surface area contributed by atoms with Gasteiger partial charge in [0.2, 0.25) is 0 Å². The molecule has 0 bridgehead atoms. The van der Waals surface area contributed by atoms with Crippen LogP contribution in [0.4, 0.5) is 0 Å². The first-order valence-electron chi connectivity index (χ1n) is 7.61. The van der Waals surface area contributed by atoms with Gasteiger partial charge in [-0.1, -0.05) is 13.3 Å². The highest BCUT2D eigenvalue weighted by molar-refractivity contribution is 4.78. The van der Waals surface area contributed by atoms with E-state index in [-0.39, 0.29) is 5.60 Å². The van der Waals surface area contributed by atoms with Crippen molar-refractivity contribution in [2.45, 2.75) is 65.0 Å². The third-order valence-electron chi connectivity index (χ3n) is 3.41. The van der Waals surface area contributed by atoms with Crippen molar-refractivity contribution in [3.05, 3.63) is 0 Å². The Bertz CT molecular complexity index is 207. The van der Waals surface area contributed by atoms with Crippen LogP contribution in [-0.4, -0.2) is 49.3 Å². The summed E-state index contributed by atoms with van der Waals surface area (Å²) in [5, 5.41) is 3.59. The third-order valence-corrected chi connectivity index (χ3v) is 3.41. The van der Waals surface area contributed by atoms with Crippen molar-refractivity contribution in [1.29, 1.82) is 0 Å². The maximum Gasteiger partial charge on any atom is 0.0600 e. The zero-order valence-corrected chi connectivity index (χ0v) is 12.8. The molecular weight excluding hydrogens is 224 g/mol. The van der Waals surface area contributed by atoms with Crippen LogP contribution < -0.4 is 5.32 Å². The van der Waals surface area contributed by atoms with Gasteiger partial charge in [-0.05, 0) is 53.1 Å². The Labute approximate surface area is 113 Å². The molecule has 0 saturated carbocycles. The molecule has 3 heteroatoms. The number of nitrogens with zero attached hydrogens (tertiary/aromatic N) is 1. The van der Waals surface area contributed by atoms with Crippen LogP contribution in [-0.2, 0) is 4.74 Å². The van der Waals surface area contributed by atoms with E-state index in [1.807, 2.05) is 0 Å². The predicted molar refractivity (Wildman–Crippen MR) is 78.1 cm³/mol. The van der Waals surface area contributed by atoms with Crippen LogP contribution in [0.2, 0.25) is 0 Å². The van der Waals surface area contributed by atoms with Crippen LogP contribution in [0.1, 0.15) is 53.4 Å². The number of ether oxygens (including phenoxy) is 1. The van der Waals surface area contributed by atoms with Gasteiger partial charge in [0.1, 0.15) is 0 Å². The molecule has 0 amide bonds. The van der Waals surface area contributed by atoms with Gasteiger partial charge < -0.3 is 10.1 Å². The largest absolute Gasteiger partial charge is 0.375 e. The quantitative estimate of drug-likeness (QED) is 0.722. The lowest BCUT2D eigenvalue weighted by molar-refractivity contribution is -0.0138. The van der Waals surface area contributed by atoms with Crippen LogP contribution in [0.25, 0.3) is 0 Å². The Balaban J connectivity index is 2.25. The van der Waals surface area contributed by atoms with E-state index in [1.165, 1.54) is 45.3 Å². The normalized spacial score (nSPS) is 20.8. The summed E-state index contributed by atoms with van der Waals surface area (Å²) in [5.74, 6) is 0. The second kappa shape index (κ2) is 8.13. The lowest BCUT2D eigenvalue weighted by Crippen LogP contribution is -2.40. The Hall–Kier alpha value is -0.120. The Kier molecular flexibility index (Phi) is 7.20. The van der Waals surface area contributed by atoms with Crippen molar-refractivity contribution in [1.82, 2.24) is 10.2 Å². The van der Waals surface area contributed by atoms with Crippen molar-refractivity contribution in [3.8, 4) is 0 Å². The monoisotopic (exact) mass is 256 g/mol. The van der Waals surface area contributed by atoms with E-state index < -0.39 is 0 Å². The number of hydrogen-bond acceptors (Lipinski definition) is 3. The van der Waals surface area contributed by atoms with Crippen LogP contribution in [0, 0.1) is 0 Å². The van der Waals surface area contributed by atoms with Gasteiger partial charge in [-0.2, -0.15) is 0 Å². The highest BCUT2D eigenvalue weighted by Gasteiger charge is 2.18. The van der Waals surface area contributed by atoms with Crippen molar-refractivity contribution < 1.29 is 4.74 Å². The Morgan fingerprint density at radius 3 is 2.61 bits per heavy atom. The summed E-state index contributed by atoms with van der Waals surface area (Å²) in [6, 6.07) is 0.705. The summed E-state index contributed by atoms with van der Waals surface area (Å²) in [5.41, 5.74) is -0.0119. The highest BCUT2D eigenvalue weighted by atomic mass is 16.5. The average molecular weight is 256 g/mol. The topological polar surface area (TPSA) is 24.5 Å². The molecule has 0 radical (unpaired) electrons. The first kappa shape index (κ1) is 15.9. The van der Waals surface area contributed by atoms with Crippen LogP contribution >= 0.6 is 0 Å². The summed E-state index contributed by atoms with van der Waals surface area (Å²) in [7, 11) is 0. The summed E-state index contributed by atoms with van der Waals surface area (Å²) in [6.07, 6.45) is 5.24. The van der Waals surface area contributed by atoms with Crippen LogP contribution in [0.3, 0.4) is 0 Å². The minimum atomic E-state index is -0.0119. The van der Waals surface area contributed by atoms with Crippen molar-refractivity contribution in [2.75, 3.05) is 32.8 Å². The second-order valence-electron chi connectivity index (χ2n) is 6.41. The van der Waals surface area contributed by atoms with Crippen molar-refractivity contribution in [2.24, 2.45) is 0 Å². The summed E-state index contributed by atoms with van der Waals surface area (Å²) in [6.45, 7) is 14.2. The molecule has 18 heavy (non-hydrogen) atoms. The van der Waals surface area contributed by atoms with E-state index in [0.29, 0.717) is 6.04 Å². The maximum absolute atomic E-state index is 5.84. The SMILES string of the molecule is CCCCN(CCOC(C)(C)C)CC1CCCN1. The maximum atomic E-state index is 5.84. The van der Waals surface area contributed by atoms with Gasteiger partial charge in [0.15, 0.2) is 0 Å². The molecule has 0 aromatic heterocycles. The molecule has 0 aromatic carbocycles. The van der Waals surface area contributed by atoms with Crippen LogP contribution in [0.5, 0.6) is 0 Å². The molecule has 1 atom stereocenters. The minimum Gasteiger partial charge on any atom is -0.375 e. The van der Waals surface area contributed by atoms with Gasteiger partial charge in [0.05, 0.1) is 12.2 Å². The van der Waals surface area contributed by atoms with E-state index in [9.17, 15) is 0 Å². The second-order valence-corrected chi connectivity index (χ2v) is 6.41. The zero-order valence-electron chi connectivity index (χ0n) is 12.8. The lowest BCUT2D eigenvalue weighted by Gasteiger charge is -2.27. The molecule has 1 N–H and O–H groups in total. The molecule has 1 heterocycles. The minimum absolute atomic E-state index is 0.0119. The molecule has 1 fully saturated rings. The molecular formula is C15H32N2O. The standard InChI is InChI=1S/C15H32N2O/c1-5-6-10-17(11-12-18-15(2,3)4)13-14-8-7-9-16-14/h14,16H,5-13H2,1-4H3.